The molecular weight excluding hydrogens is 472 g/mol. The minimum Gasteiger partial charge on any atom is -0.376 e. The molecule has 3 aromatic heterocycles. The van der Waals surface area contributed by atoms with Gasteiger partial charge < -0.3 is 23.3 Å². The van der Waals surface area contributed by atoms with Crippen molar-refractivity contribution in [3.8, 4) is 28.5 Å². The summed E-state index contributed by atoms with van der Waals surface area (Å²) in [6.07, 6.45) is 6.48. The fraction of sp³-hybridized carbons (Fsp3) is 0.417. The van der Waals surface area contributed by atoms with Crippen molar-refractivity contribution in [2.24, 2.45) is 0 Å². The molecule has 0 N–H and O–H groups in total. The lowest BCUT2D eigenvalue weighted by Crippen LogP contribution is -2.22. The van der Waals surface area contributed by atoms with Crippen LogP contribution in [0.1, 0.15) is 36.1 Å². The summed E-state index contributed by atoms with van der Waals surface area (Å²) in [5.41, 5.74) is 5.53. The predicted octanol–water partition coefficient (Wildman–Crippen LogP) is 3.61. The quantitative estimate of drug-likeness (QED) is 0.373. The van der Waals surface area contributed by atoms with Crippen LogP contribution in [0, 0.1) is 0 Å². The van der Waals surface area contributed by atoms with Crippen molar-refractivity contribution in [1.29, 1.82) is 0 Å². The predicted molar refractivity (Wildman–Crippen MR) is 124 cm³/mol. The van der Waals surface area contributed by atoms with Crippen LogP contribution in [0.25, 0.3) is 28.5 Å². The largest absolute Gasteiger partial charge is 0.376 e. The fourth-order valence-electron chi connectivity index (χ4n) is 5.03. The van der Waals surface area contributed by atoms with E-state index in [0.29, 0.717) is 48.7 Å². The summed E-state index contributed by atoms with van der Waals surface area (Å²) < 4.78 is 26.6. The first-order chi connectivity index (χ1) is 17.2. The van der Waals surface area contributed by atoms with Crippen LogP contribution in [-0.2, 0) is 27.2 Å². The Hall–Kier alpha value is -3.05. The highest BCUT2D eigenvalue weighted by molar-refractivity contribution is 6.31. The van der Waals surface area contributed by atoms with Gasteiger partial charge in [-0.25, -0.2) is 4.98 Å². The molecule has 3 aliphatic rings. The van der Waals surface area contributed by atoms with Crippen molar-refractivity contribution in [3.05, 3.63) is 52.9 Å². The van der Waals surface area contributed by atoms with E-state index >= 15 is 0 Å². The minimum absolute atomic E-state index is 0.196. The maximum absolute atomic E-state index is 6.41. The summed E-state index contributed by atoms with van der Waals surface area (Å²) in [7, 11) is 0. The second kappa shape index (κ2) is 8.56. The van der Waals surface area contributed by atoms with Gasteiger partial charge in [-0.3, -0.25) is 4.68 Å². The van der Waals surface area contributed by atoms with Crippen molar-refractivity contribution in [1.82, 2.24) is 29.5 Å². The fourth-order valence-corrected chi connectivity index (χ4v) is 5.20. The number of imidazole rings is 1. The molecule has 0 bridgehead atoms. The number of rotatable bonds is 4. The molecule has 1 aromatic carbocycles. The van der Waals surface area contributed by atoms with E-state index in [4.69, 9.17) is 35.4 Å². The van der Waals surface area contributed by atoms with E-state index in [2.05, 4.69) is 25.9 Å². The number of hydrogen-bond acceptors (Lipinski definition) is 8. The molecule has 0 amide bonds. The molecule has 2 fully saturated rings. The second-order valence-electron chi connectivity index (χ2n) is 9.00. The maximum Gasteiger partial charge on any atom is 0.258 e. The molecule has 2 saturated heterocycles. The summed E-state index contributed by atoms with van der Waals surface area (Å²) in [5, 5.41) is 9.82. The lowest BCUT2D eigenvalue weighted by atomic mass is 10.0. The number of fused-ring (bicyclic) bond motifs is 5. The molecular formula is C24H23ClN6O4. The zero-order valence-corrected chi connectivity index (χ0v) is 19.6. The van der Waals surface area contributed by atoms with E-state index in [1.54, 1.807) is 6.33 Å². The van der Waals surface area contributed by atoms with Crippen LogP contribution in [0.2, 0.25) is 5.02 Å². The van der Waals surface area contributed by atoms with E-state index in [1.807, 2.05) is 22.9 Å². The van der Waals surface area contributed by atoms with Crippen LogP contribution in [-0.4, -0.2) is 62.0 Å². The average molecular weight is 495 g/mol. The molecule has 35 heavy (non-hydrogen) atoms. The highest BCUT2D eigenvalue weighted by Crippen LogP contribution is 2.38. The highest BCUT2D eigenvalue weighted by Gasteiger charge is 2.29. The van der Waals surface area contributed by atoms with Gasteiger partial charge in [-0.15, -0.1) is 0 Å². The Morgan fingerprint density at radius 2 is 2.09 bits per heavy atom. The number of aromatic nitrogens is 6. The van der Waals surface area contributed by atoms with Gasteiger partial charge in [-0.1, -0.05) is 16.8 Å². The Bertz CT molecular complexity index is 1380. The SMILES string of the molecule is Clc1ccc2c(c1)-c1nn(CC3CCCO3)cc1Cc1c(-c3noc(C4COCCO4)n3)ncn1-2. The summed E-state index contributed by atoms with van der Waals surface area (Å²) in [6, 6.07) is 5.83. The van der Waals surface area contributed by atoms with Gasteiger partial charge in [-0.05, 0) is 31.0 Å². The van der Waals surface area contributed by atoms with Crippen LogP contribution >= 0.6 is 11.6 Å². The van der Waals surface area contributed by atoms with Crippen LogP contribution in [0.3, 0.4) is 0 Å². The molecule has 4 aromatic rings. The molecule has 0 saturated carbocycles. The van der Waals surface area contributed by atoms with Gasteiger partial charge >= 0.3 is 0 Å². The molecule has 0 radical (unpaired) electrons. The van der Waals surface area contributed by atoms with Gasteiger partial charge in [0, 0.05) is 35.4 Å². The van der Waals surface area contributed by atoms with Crippen LogP contribution in [0.15, 0.2) is 35.2 Å². The van der Waals surface area contributed by atoms with Crippen LogP contribution < -0.4 is 0 Å². The third kappa shape index (κ3) is 3.77. The lowest BCUT2D eigenvalue weighted by Gasteiger charge is -2.19. The van der Waals surface area contributed by atoms with E-state index in [9.17, 15) is 0 Å². The third-order valence-corrected chi connectivity index (χ3v) is 6.93. The summed E-state index contributed by atoms with van der Waals surface area (Å²) in [4.78, 5) is 9.28. The molecule has 0 aliphatic carbocycles. The standard InChI is InChI=1S/C24H23ClN6O4/c25-15-3-4-18-17(9-15)21-14(10-30(28-21)11-16-2-1-5-33-16)8-19-22(26-13-31(18)19)23-27-24(35-29-23)20-12-32-6-7-34-20/h3-4,9-10,13,16,20H,1-2,5-8,11-12H2. The van der Waals surface area contributed by atoms with E-state index < -0.39 is 0 Å². The maximum atomic E-state index is 6.41. The van der Waals surface area contributed by atoms with Crippen LogP contribution in [0.5, 0.6) is 0 Å². The number of nitrogens with zero attached hydrogens (tertiary/aromatic N) is 6. The molecule has 6 heterocycles. The van der Waals surface area contributed by atoms with Gasteiger partial charge in [0.1, 0.15) is 12.0 Å². The van der Waals surface area contributed by atoms with E-state index in [-0.39, 0.29) is 12.2 Å². The van der Waals surface area contributed by atoms with Crippen molar-refractivity contribution in [2.45, 2.75) is 38.0 Å². The van der Waals surface area contributed by atoms with E-state index in [0.717, 1.165) is 54.2 Å². The number of halogens is 1. The Labute approximate surface area is 205 Å². The molecule has 10 nitrogen and oxygen atoms in total. The van der Waals surface area contributed by atoms with E-state index in [1.165, 1.54) is 0 Å². The van der Waals surface area contributed by atoms with Crippen molar-refractivity contribution >= 4 is 11.6 Å². The monoisotopic (exact) mass is 494 g/mol. The first-order valence-corrected chi connectivity index (χ1v) is 12.2. The second-order valence-corrected chi connectivity index (χ2v) is 9.44. The first kappa shape index (κ1) is 21.3. The Morgan fingerprint density at radius 3 is 2.94 bits per heavy atom. The zero-order chi connectivity index (χ0) is 23.4. The topological polar surface area (TPSA) is 102 Å². The van der Waals surface area contributed by atoms with Crippen molar-refractivity contribution in [3.63, 3.8) is 0 Å². The summed E-state index contributed by atoms with van der Waals surface area (Å²) >= 11 is 6.41. The molecule has 2 unspecified atom stereocenters. The molecule has 3 aliphatic heterocycles. The Morgan fingerprint density at radius 1 is 1.11 bits per heavy atom. The number of ether oxygens (including phenoxy) is 3. The third-order valence-electron chi connectivity index (χ3n) is 6.69. The molecule has 2 atom stereocenters. The van der Waals surface area contributed by atoms with Gasteiger partial charge in [0.05, 0.1) is 49.5 Å². The Kier molecular flexibility index (Phi) is 5.20. The minimum atomic E-state index is -0.364. The molecule has 7 rings (SSSR count). The Balaban J connectivity index is 1.30. The summed E-state index contributed by atoms with van der Waals surface area (Å²) in [6.45, 7) is 3.01. The molecule has 0 spiro atoms. The summed E-state index contributed by atoms with van der Waals surface area (Å²) in [5.74, 6) is 0.820. The lowest BCUT2D eigenvalue weighted by molar-refractivity contribution is -0.101. The van der Waals surface area contributed by atoms with Gasteiger partial charge in [0.15, 0.2) is 6.10 Å². The van der Waals surface area contributed by atoms with Crippen molar-refractivity contribution in [2.75, 3.05) is 26.4 Å². The first-order valence-electron chi connectivity index (χ1n) is 11.8. The number of hydrogen-bond donors (Lipinski definition) is 0. The zero-order valence-electron chi connectivity index (χ0n) is 18.9. The van der Waals surface area contributed by atoms with Crippen molar-refractivity contribution < 1.29 is 18.7 Å². The molecule has 180 valence electrons. The van der Waals surface area contributed by atoms with Gasteiger partial charge in [-0.2, -0.15) is 10.1 Å². The normalized spacial score (nSPS) is 21.4. The van der Waals surface area contributed by atoms with Gasteiger partial charge in [0.2, 0.25) is 5.82 Å². The smallest absolute Gasteiger partial charge is 0.258 e. The van der Waals surface area contributed by atoms with Gasteiger partial charge in [0.25, 0.3) is 5.89 Å². The molecule has 11 heteroatoms. The van der Waals surface area contributed by atoms with Crippen LogP contribution in [0.4, 0.5) is 0 Å². The number of benzene rings is 1. The average Bonchev–Trinajstić information content (AvgIpc) is 3.67. The highest BCUT2D eigenvalue weighted by atomic mass is 35.5.